The number of hydrogen-bond donors (Lipinski definition) is 1. The predicted molar refractivity (Wildman–Crippen MR) is 99.9 cm³/mol. The lowest BCUT2D eigenvalue weighted by Crippen LogP contribution is -2.06. The first-order valence-corrected chi connectivity index (χ1v) is 8.50. The van der Waals surface area contributed by atoms with E-state index in [-0.39, 0.29) is 5.69 Å². The Morgan fingerprint density at radius 3 is 2.36 bits per heavy atom. The fraction of sp³-hybridized carbons (Fsp3) is 0.111. The highest BCUT2D eigenvalue weighted by atomic mass is 35.5. The number of nitrogens with zero attached hydrogens (tertiary/aromatic N) is 2. The van der Waals surface area contributed by atoms with Crippen molar-refractivity contribution in [3.63, 3.8) is 0 Å². The quantitative estimate of drug-likeness (QED) is 0.628. The molecule has 3 aromatic rings. The molecule has 0 amide bonds. The van der Waals surface area contributed by atoms with Crippen molar-refractivity contribution in [2.75, 3.05) is 0 Å². The average molecular weight is 396 g/mol. The highest BCUT2D eigenvalue weighted by Gasteiger charge is 2.20. The van der Waals surface area contributed by atoms with Crippen molar-refractivity contribution in [3.8, 4) is 11.3 Å². The highest BCUT2D eigenvalue weighted by molar-refractivity contribution is 6.42. The lowest BCUT2D eigenvalue weighted by molar-refractivity contribution is 0.0688. The van der Waals surface area contributed by atoms with Crippen LogP contribution in [0.5, 0.6) is 0 Å². The number of halogens is 3. The van der Waals surface area contributed by atoms with E-state index in [4.69, 9.17) is 34.8 Å². The topological polar surface area (TPSA) is 55.1 Å². The summed E-state index contributed by atoms with van der Waals surface area (Å²) in [5.41, 5.74) is 3.03. The van der Waals surface area contributed by atoms with Gasteiger partial charge in [-0.25, -0.2) is 4.79 Å². The first-order valence-electron chi connectivity index (χ1n) is 7.37. The Morgan fingerprint density at radius 1 is 1.08 bits per heavy atom. The van der Waals surface area contributed by atoms with Crippen molar-refractivity contribution in [1.29, 1.82) is 0 Å². The molecule has 0 spiro atoms. The zero-order valence-corrected chi connectivity index (χ0v) is 15.4. The lowest BCUT2D eigenvalue weighted by Gasteiger charge is -2.10. The van der Waals surface area contributed by atoms with Gasteiger partial charge in [0.05, 0.1) is 22.3 Å². The van der Waals surface area contributed by atoms with Crippen LogP contribution in [0, 0.1) is 6.92 Å². The second-order valence-corrected chi connectivity index (χ2v) is 6.79. The highest BCUT2D eigenvalue weighted by Crippen LogP contribution is 2.29. The Morgan fingerprint density at radius 2 is 1.76 bits per heavy atom. The Labute approximate surface area is 159 Å². The van der Waals surface area contributed by atoms with Crippen LogP contribution < -0.4 is 0 Å². The summed E-state index contributed by atoms with van der Waals surface area (Å²) in [6.45, 7) is 2.11. The van der Waals surface area contributed by atoms with E-state index in [1.54, 1.807) is 35.9 Å². The fourth-order valence-electron chi connectivity index (χ4n) is 2.65. The van der Waals surface area contributed by atoms with Gasteiger partial charge >= 0.3 is 5.97 Å². The Bertz CT molecular complexity index is 950. The van der Waals surface area contributed by atoms with E-state index in [0.717, 1.165) is 16.8 Å². The summed E-state index contributed by atoms with van der Waals surface area (Å²) in [5, 5.41) is 15.2. The molecule has 7 heteroatoms. The zero-order valence-electron chi connectivity index (χ0n) is 13.1. The molecule has 0 bridgehead atoms. The van der Waals surface area contributed by atoms with E-state index in [0.29, 0.717) is 27.2 Å². The monoisotopic (exact) mass is 394 g/mol. The van der Waals surface area contributed by atoms with Gasteiger partial charge in [-0.2, -0.15) is 5.10 Å². The first kappa shape index (κ1) is 17.8. The van der Waals surface area contributed by atoms with Crippen LogP contribution in [0.1, 0.15) is 21.6 Å². The molecule has 3 rings (SSSR count). The molecule has 25 heavy (non-hydrogen) atoms. The van der Waals surface area contributed by atoms with Crippen LogP contribution >= 0.6 is 34.8 Å². The molecule has 0 saturated carbocycles. The van der Waals surface area contributed by atoms with Gasteiger partial charge in [0, 0.05) is 16.1 Å². The van der Waals surface area contributed by atoms with Gasteiger partial charge in [0.15, 0.2) is 5.69 Å². The molecule has 1 aromatic heterocycles. The van der Waals surface area contributed by atoms with Crippen molar-refractivity contribution in [2.24, 2.45) is 0 Å². The van der Waals surface area contributed by atoms with E-state index >= 15 is 0 Å². The molecule has 0 aliphatic carbocycles. The maximum absolute atomic E-state index is 11.5. The summed E-state index contributed by atoms with van der Waals surface area (Å²) >= 11 is 18.0. The van der Waals surface area contributed by atoms with E-state index in [9.17, 15) is 9.90 Å². The molecule has 0 aliphatic heterocycles. The molecule has 0 aliphatic rings. The number of benzene rings is 2. The van der Waals surface area contributed by atoms with Gasteiger partial charge in [-0.3, -0.25) is 4.68 Å². The number of carbonyl (C=O) groups is 1. The molecule has 0 saturated heterocycles. The van der Waals surface area contributed by atoms with Crippen LogP contribution in [-0.2, 0) is 6.54 Å². The van der Waals surface area contributed by atoms with Gasteiger partial charge in [0.25, 0.3) is 0 Å². The van der Waals surface area contributed by atoms with Crippen LogP contribution in [0.4, 0.5) is 0 Å². The predicted octanol–water partition coefficient (Wildman–Crippen LogP) is 5.57. The molecular weight excluding hydrogens is 383 g/mol. The molecule has 0 atom stereocenters. The number of rotatable bonds is 4. The van der Waals surface area contributed by atoms with Crippen molar-refractivity contribution in [2.45, 2.75) is 13.5 Å². The molecule has 1 N–H and O–H groups in total. The molecule has 2 aromatic carbocycles. The maximum Gasteiger partial charge on any atom is 0.356 e. The maximum atomic E-state index is 11.5. The van der Waals surface area contributed by atoms with Crippen molar-refractivity contribution in [1.82, 2.24) is 9.78 Å². The van der Waals surface area contributed by atoms with Gasteiger partial charge in [0.2, 0.25) is 0 Å². The number of hydrogen-bond acceptors (Lipinski definition) is 2. The molecule has 128 valence electrons. The van der Waals surface area contributed by atoms with Gasteiger partial charge < -0.3 is 5.11 Å². The number of carboxylic acid groups (broad SMARTS) is 1. The third-order valence-corrected chi connectivity index (χ3v) is 4.82. The van der Waals surface area contributed by atoms with E-state index in [1.807, 2.05) is 18.2 Å². The van der Waals surface area contributed by atoms with E-state index in [1.165, 1.54) is 0 Å². The normalized spacial score (nSPS) is 10.9. The SMILES string of the molecule is Cc1c(C(=O)O)nn(Cc2ccc(Cl)c(Cl)c2)c1-c1ccc(Cl)cc1. The lowest BCUT2D eigenvalue weighted by atomic mass is 10.1. The Hall–Kier alpha value is -2.01. The summed E-state index contributed by atoms with van der Waals surface area (Å²) in [6, 6.07) is 12.5. The number of aromatic nitrogens is 2. The molecule has 0 unspecified atom stereocenters. The van der Waals surface area contributed by atoms with Crippen LogP contribution in [0.2, 0.25) is 15.1 Å². The molecule has 4 nitrogen and oxygen atoms in total. The minimum Gasteiger partial charge on any atom is -0.476 e. The van der Waals surface area contributed by atoms with E-state index in [2.05, 4.69) is 5.10 Å². The van der Waals surface area contributed by atoms with Crippen LogP contribution in [0.15, 0.2) is 42.5 Å². The standard InChI is InChI=1S/C18H13Cl3N2O2/c1-10-16(18(24)25)22-23(9-11-2-7-14(20)15(21)8-11)17(10)12-3-5-13(19)6-4-12/h2-8H,9H2,1H3,(H,24,25). The average Bonchev–Trinajstić information content (AvgIpc) is 2.88. The summed E-state index contributed by atoms with van der Waals surface area (Å²) in [4.78, 5) is 11.5. The minimum absolute atomic E-state index is 0.0185. The Balaban J connectivity index is 2.11. The van der Waals surface area contributed by atoms with E-state index < -0.39 is 5.97 Å². The molecule has 0 radical (unpaired) electrons. The third kappa shape index (κ3) is 3.66. The number of aromatic carboxylic acids is 1. The summed E-state index contributed by atoms with van der Waals surface area (Å²) in [6.07, 6.45) is 0. The van der Waals surface area contributed by atoms with Gasteiger partial charge in [-0.05, 0) is 36.8 Å². The van der Waals surface area contributed by atoms with Gasteiger partial charge in [-0.15, -0.1) is 0 Å². The fourth-order valence-corrected chi connectivity index (χ4v) is 3.10. The molecule has 0 fully saturated rings. The summed E-state index contributed by atoms with van der Waals surface area (Å²) < 4.78 is 1.65. The second-order valence-electron chi connectivity index (χ2n) is 5.54. The number of carboxylic acids is 1. The van der Waals surface area contributed by atoms with Crippen molar-refractivity contribution < 1.29 is 9.90 Å². The summed E-state index contributed by atoms with van der Waals surface area (Å²) in [7, 11) is 0. The zero-order chi connectivity index (χ0) is 18.1. The smallest absolute Gasteiger partial charge is 0.356 e. The Kier molecular flexibility index (Phi) is 5.04. The van der Waals surface area contributed by atoms with Gasteiger partial charge in [-0.1, -0.05) is 53.0 Å². The van der Waals surface area contributed by atoms with Crippen molar-refractivity contribution in [3.05, 3.63) is 74.4 Å². The second kappa shape index (κ2) is 7.08. The largest absolute Gasteiger partial charge is 0.476 e. The third-order valence-electron chi connectivity index (χ3n) is 3.83. The molecular formula is C18H13Cl3N2O2. The first-order chi connectivity index (χ1) is 11.9. The van der Waals surface area contributed by atoms with Crippen molar-refractivity contribution >= 4 is 40.8 Å². The molecule has 1 heterocycles. The van der Waals surface area contributed by atoms with Crippen LogP contribution in [-0.4, -0.2) is 20.9 Å². The summed E-state index contributed by atoms with van der Waals surface area (Å²) in [5.74, 6) is -1.07. The van der Waals surface area contributed by atoms with Gasteiger partial charge in [0.1, 0.15) is 0 Å². The minimum atomic E-state index is -1.07. The van der Waals surface area contributed by atoms with Crippen LogP contribution in [0.3, 0.4) is 0 Å². The van der Waals surface area contributed by atoms with Crippen LogP contribution in [0.25, 0.3) is 11.3 Å².